The van der Waals surface area contributed by atoms with Gasteiger partial charge in [-0.3, -0.25) is 24.0 Å². The number of primary amides is 2. The molecule has 1 aromatic rings. The second-order valence-electron chi connectivity index (χ2n) is 8.37. The first-order chi connectivity index (χ1) is 17.4. The largest absolute Gasteiger partial charge is 0.480 e. The fraction of sp³-hybridized carbons (Fsp3) is 0.571. The van der Waals surface area contributed by atoms with Gasteiger partial charge in [-0.15, -0.1) is 0 Å². The average molecular weight is 526 g/mol. The van der Waals surface area contributed by atoms with E-state index in [0.29, 0.717) is 25.1 Å². The summed E-state index contributed by atoms with van der Waals surface area (Å²) in [5.41, 5.74) is 22.0. The lowest BCUT2D eigenvalue weighted by atomic mass is 10.1. The molecular weight excluding hydrogens is 490 g/mol. The third-order valence-corrected chi connectivity index (χ3v) is 5.25. The first-order valence-electron chi connectivity index (χ1n) is 11.6. The molecule has 13 N–H and O–H groups in total. The highest BCUT2D eigenvalue weighted by atomic mass is 16.4. The van der Waals surface area contributed by atoms with Crippen molar-refractivity contribution in [2.75, 3.05) is 6.54 Å². The number of unbranched alkanes of at least 4 members (excludes halogenated alkanes) is 1. The van der Waals surface area contributed by atoms with E-state index in [0.717, 1.165) is 0 Å². The normalized spacial score (nSPS) is 14.0. The van der Waals surface area contributed by atoms with E-state index in [9.17, 15) is 33.9 Å². The highest BCUT2D eigenvalue weighted by Gasteiger charge is 2.31. The highest BCUT2D eigenvalue weighted by Crippen LogP contribution is 2.05. The average Bonchev–Trinajstić information content (AvgIpc) is 3.33. The van der Waals surface area contributed by atoms with Gasteiger partial charge in [0.05, 0.1) is 18.8 Å². The minimum atomic E-state index is -1.48. The number of carboxylic acid groups (broad SMARTS) is 1. The summed E-state index contributed by atoms with van der Waals surface area (Å²) in [6, 6.07) is -5.28. The number of imidazole rings is 1. The summed E-state index contributed by atoms with van der Waals surface area (Å²) in [6.07, 6.45) is 2.86. The number of amides is 5. The number of carboxylic acids is 1. The molecular formula is C21H35N9O7. The Labute approximate surface area is 212 Å². The van der Waals surface area contributed by atoms with E-state index in [4.69, 9.17) is 22.9 Å². The molecule has 0 bridgehead atoms. The lowest BCUT2D eigenvalue weighted by molar-refractivity contribution is -0.142. The maximum Gasteiger partial charge on any atom is 0.326 e. The molecule has 206 valence electrons. The number of hydrogen-bond donors (Lipinski definition) is 9. The number of aromatic nitrogens is 2. The first kappa shape index (κ1) is 31.0. The van der Waals surface area contributed by atoms with Crippen LogP contribution in [0.2, 0.25) is 0 Å². The van der Waals surface area contributed by atoms with Crippen molar-refractivity contribution >= 4 is 35.5 Å². The van der Waals surface area contributed by atoms with Crippen molar-refractivity contribution in [3.8, 4) is 0 Å². The number of H-pyrrole nitrogens is 1. The summed E-state index contributed by atoms with van der Waals surface area (Å²) in [5, 5.41) is 16.4. The van der Waals surface area contributed by atoms with Crippen LogP contribution in [0.4, 0.5) is 0 Å². The van der Waals surface area contributed by atoms with E-state index < -0.39 is 66.1 Å². The fourth-order valence-corrected chi connectivity index (χ4v) is 3.25. The van der Waals surface area contributed by atoms with Crippen molar-refractivity contribution in [2.24, 2.45) is 22.9 Å². The minimum Gasteiger partial charge on any atom is -0.480 e. The molecule has 0 fully saturated rings. The number of carbonyl (C=O) groups excluding carboxylic acids is 5. The number of carbonyl (C=O) groups is 6. The lowest BCUT2D eigenvalue weighted by Crippen LogP contribution is -2.58. The van der Waals surface area contributed by atoms with Crippen LogP contribution in [0.25, 0.3) is 0 Å². The Morgan fingerprint density at radius 2 is 1.51 bits per heavy atom. The fourth-order valence-electron chi connectivity index (χ4n) is 3.25. The first-order valence-corrected chi connectivity index (χ1v) is 11.6. The number of aliphatic carboxylic acids is 1. The molecule has 0 aliphatic carbocycles. The van der Waals surface area contributed by atoms with Crippen LogP contribution in [-0.2, 0) is 35.2 Å². The van der Waals surface area contributed by atoms with Gasteiger partial charge < -0.3 is 49.0 Å². The molecule has 16 nitrogen and oxygen atoms in total. The predicted molar refractivity (Wildman–Crippen MR) is 129 cm³/mol. The number of nitrogens with two attached hydrogens (primary N) is 4. The Bertz CT molecular complexity index is 939. The molecule has 0 saturated carbocycles. The number of nitrogens with zero attached hydrogens (tertiary/aromatic N) is 1. The maximum absolute atomic E-state index is 12.9. The third kappa shape index (κ3) is 12.0. The number of nitrogens with one attached hydrogen (secondary N) is 4. The summed E-state index contributed by atoms with van der Waals surface area (Å²) in [5.74, 6) is -5.66. The number of aromatic amines is 1. The van der Waals surface area contributed by atoms with E-state index in [1.807, 2.05) is 0 Å². The molecule has 1 rings (SSSR count). The molecule has 0 saturated heterocycles. The summed E-state index contributed by atoms with van der Waals surface area (Å²) in [6.45, 7) is 0.417. The van der Waals surface area contributed by atoms with Crippen LogP contribution in [0.1, 0.15) is 44.2 Å². The molecule has 1 heterocycles. The smallest absolute Gasteiger partial charge is 0.326 e. The second-order valence-corrected chi connectivity index (χ2v) is 8.37. The van der Waals surface area contributed by atoms with Crippen molar-refractivity contribution < 1.29 is 33.9 Å². The molecule has 16 heteroatoms. The van der Waals surface area contributed by atoms with Crippen LogP contribution in [0.3, 0.4) is 0 Å². The van der Waals surface area contributed by atoms with E-state index in [1.165, 1.54) is 12.5 Å². The standard InChI is InChI=1S/C21H35N9O7/c22-6-2-1-3-12(23)18(33)29-14(8-17(25)32)20(35)28-13(4-5-16(24)31)19(34)30-15(21(36)37)7-11-9-26-10-27-11/h9-10,12-15H,1-8,22-23H2,(H2,24,31)(H2,25,32)(H,26,27)(H,28,35)(H,29,33)(H,30,34)(H,36,37). The molecule has 0 radical (unpaired) electrons. The SMILES string of the molecule is NCCCCC(N)C(=O)NC(CC(N)=O)C(=O)NC(CCC(N)=O)C(=O)NC(Cc1cnc[nH]1)C(=O)O. The molecule has 4 unspecified atom stereocenters. The molecule has 5 amide bonds. The summed E-state index contributed by atoms with van der Waals surface area (Å²) in [7, 11) is 0. The van der Waals surface area contributed by atoms with Gasteiger partial charge >= 0.3 is 5.97 Å². The van der Waals surface area contributed by atoms with Crippen LogP contribution in [-0.4, -0.2) is 81.3 Å². The van der Waals surface area contributed by atoms with E-state index in [-0.39, 0.29) is 25.7 Å². The summed E-state index contributed by atoms with van der Waals surface area (Å²) >= 11 is 0. The van der Waals surface area contributed by atoms with Gasteiger partial charge in [0, 0.05) is 24.7 Å². The number of hydrogen-bond acceptors (Lipinski definition) is 9. The van der Waals surface area contributed by atoms with Crippen molar-refractivity contribution in [3.63, 3.8) is 0 Å². The zero-order valence-corrected chi connectivity index (χ0v) is 20.3. The van der Waals surface area contributed by atoms with Crippen molar-refractivity contribution in [2.45, 2.75) is 69.1 Å². The second kappa shape index (κ2) is 15.8. The van der Waals surface area contributed by atoms with Crippen LogP contribution < -0.4 is 38.9 Å². The zero-order valence-electron chi connectivity index (χ0n) is 20.3. The monoisotopic (exact) mass is 525 g/mol. The van der Waals surface area contributed by atoms with Gasteiger partial charge in [0.2, 0.25) is 29.5 Å². The van der Waals surface area contributed by atoms with Crippen LogP contribution in [0.5, 0.6) is 0 Å². The number of rotatable bonds is 18. The molecule has 4 atom stereocenters. The topological polar surface area (TPSA) is 292 Å². The van der Waals surface area contributed by atoms with Gasteiger partial charge in [0.25, 0.3) is 0 Å². The lowest BCUT2D eigenvalue weighted by Gasteiger charge is -2.24. The van der Waals surface area contributed by atoms with Gasteiger partial charge in [-0.25, -0.2) is 9.78 Å². The minimum absolute atomic E-state index is 0.139. The summed E-state index contributed by atoms with van der Waals surface area (Å²) < 4.78 is 0. The van der Waals surface area contributed by atoms with Crippen molar-refractivity contribution in [1.82, 2.24) is 25.9 Å². The van der Waals surface area contributed by atoms with Crippen LogP contribution in [0, 0.1) is 0 Å². The maximum atomic E-state index is 12.9. The van der Waals surface area contributed by atoms with Crippen molar-refractivity contribution in [1.29, 1.82) is 0 Å². The van der Waals surface area contributed by atoms with E-state index in [2.05, 4.69) is 25.9 Å². The third-order valence-electron chi connectivity index (χ3n) is 5.25. The van der Waals surface area contributed by atoms with E-state index in [1.54, 1.807) is 0 Å². The van der Waals surface area contributed by atoms with Gasteiger partial charge in [0.1, 0.15) is 18.1 Å². The molecule has 0 aliphatic rings. The van der Waals surface area contributed by atoms with Crippen LogP contribution >= 0.6 is 0 Å². The molecule has 0 spiro atoms. The van der Waals surface area contributed by atoms with E-state index >= 15 is 0 Å². The zero-order chi connectivity index (χ0) is 28.0. The Balaban J connectivity index is 2.98. The van der Waals surface area contributed by atoms with Gasteiger partial charge in [-0.1, -0.05) is 6.42 Å². The van der Waals surface area contributed by atoms with Crippen LogP contribution in [0.15, 0.2) is 12.5 Å². The van der Waals surface area contributed by atoms with Gasteiger partial charge in [0.15, 0.2) is 0 Å². The Morgan fingerprint density at radius 1 is 0.892 bits per heavy atom. The summed E-state index contributed by atoms with van der Waals surface area (Å²) in [4.78, 5) is 79.2. The molecule has 0 aliphatic heterocycles. The van der Waals surface area contributed by atoms with Gasteiger partial charge in [-0.05, 0) is 25.8 Å². The highest BCUT2D eigenvalue weighted by molar-refractivity contribution is 5.96. The molecule has 0 aromatic carbocycles. The predicted octanol–water partition coefficient (Wildman–Crippen LogP) is -3.91. The molecule has 37 heavy (non-hydrogen) atoms. The Hall–Kier alpha value is -4.05. The molecule has 1 aromatic heterocycles. The Kier molecular flexibility index (Phi) is 13.3. The van der Waals surface area contributed by atoms with Crippen molar-refractivity contribution in [3.05, 3.63) is 18.2 Å². The van der Waals surface area contributed by atoms with Gasteiger partial charge in [-0.2, -0.15) is 0 Å². The Morgan fingerprint density at radius 3 is 2.05 bits per heavy atom. The quantitative estimate of drug-likeness (QED) is 0.0839.